The van der Waals surface area contributed by atoms with E-state index in [-0.39, 0.29) is 17.7 Å². The third-order valence-corrected chi connectivity index (χ3v) is 4.33. The summed E-state index contributed by atoms with van der Waals surface area (Å²) in [6.45, 7) is 5.22. The Morgan fingerprint density at radius 1 is 1.26 bits per heavy atom. The van der Waals surface area contributed by atoms with Crippen LogP contribution in [0.15, 0.2) is 55.1 Å². The Kier molecular flexibility index (Phi) is 4.28. The predicted molar refractivity (Wildman–Crippen MR) is 87.7 cm³/mol. The average molecular weight is 310 g/mol. The van der Waals surface area contributed by atoms with E-state index in [4.69, 9.17) is 4.74 Å². The van der Waals surface area contributed by atoms with E-state index in [0.717, 1.165) is 16.7 Å². The Morgan fingerprint density at radius 3 is 2.74 bits per heavy atom. The summed E-state index contributed by atoms with van der Waals surface area (Å²) in [5.41, 5.74) is 4.07. The molecule has 0 heterocycles. The van der Waals surface area contributed by atoms with Gasteiger partial charge in [-0.05, 0) is 47.2 Å². The van der Waals surface area contributed by atoms with Crippen LogP contribution in [0.2, 0.25) is 0 Å². The smallest absolute Gasteiger partial charge is 0.303 e. The molecule has 0 bridgehead atoms. The van der Waals surface area contributed by atoms with Crippen molar-refractivity contribution in [1.82, 2.24) is 0 Å². The summed E-state index contributed by atoms with van der Waals surface area (Å²) in [6, 6.07) is 12.9. The molecule has 2 unspecified atom stereocenters. The quantitative estimate of drug-likeness (QED) is 0.607. The lowest BCUT2D eigenvalue weighted by Gasteiger charge is -2.26. The maximum absolute atomic E-state index is 13.8. The summed E-state index contributed by atoms with van der Waals surface area (Å²) < 4.78 is 19.4. The molecule has 0 aromatic heterocycles. The van der Waals surface area contributed by atoms with Gasteiger partial charge in [0.2, 0.25) is 0 Å². The number of carbonyl (C=O) groups is 1. The van der Waals surface area contributed by atoms with E-state index in [0.29, 0.717) is 12.8 Å². The molecule has 1 aliphatic carbocycles. The lowest BCUT2D eigenvalue weighted by molar-refractivity contribution is -0.148. The van der Waals surface area contributed by atoms with Gasteiger partial charge in [-0.3, -0.25) is 4.79 Å². The summed E-state index contributed by atoms with van der Waals surface area (Å²) in [6.07, 6.45) is 2.68. The van der Waals surface area contributed by atoms with Gasteiger partial charge in [-0.2, -0.15) is 0 Å². The van der Waals surface area contributed by atoms with Crippen molar-refractivity contribution in [2.24, 2.45) is 0 Å². The van der Waals surface area contributed by atoms with Gasteiger partial charge in [-0.1, -0.05) is 36.4 Å². The molecule has 0 saturated heterocycles. The minimum Gasteiger partial charge on any atom is -0.457 e. The van der Waals surface area contributed by atoms with Gasteiger partial charge in [0.05, 0.1) is 0 Å². The maximum atomic E-state index is 13.8. The number of ether oxygens (including phenoxy) is 1. The molecule has 0 aliphatic heterocycles. The van der Waals surface area contributed by atoms with Gasteiger partial charge in [-0.15, -0.1) is 6.58 Å². The minimum atomic E-state index is -0.500. The van der Waals surface area contributed by atoms with Crippen molar-refractivity contribution in [3.63, 3.8) is 0 Å². The standard InChI is InChI=1S/C20H19FO2/c1-3-6-18-17-8-5-4-7-14(17)11-15-9-10-16(21)12-19(15)20(18)23-13(2)22/h3-5,7-10,12,18,20H,1,6,11H2,2H3. The van der Waals surface area contributed by atoms with Crippen LogP contribution in [0.5, 0.6) is 0 Å². The summed E-state index contributed by atoms with van der Waals surface area (Å²) in [5.74, 6) is -0.737. The minimum absolute atomic E-state index is 0.0596. The Hall–Kier alpha value is -2.42. The zero-order chi connectivity index (χ0) is 16.4. The second-order valence-electron chi connectivity index (χ2n) is 5.88. The molecule has 118 valence electrons. The number of hydrogen-bond acceptors (Lipinski definition) is 2. The monoisotopic (exact) mass is 310 g/mol. The van der Waals surface area contributed by atoms with E-state index in [1.165, 1.54) is 24.6 Å². The van der Waals surface area contributed by atoms with E-state index in [9.17, 15) is 9.18 Å². The molecule has 0 spiro atoms. The molecular weight excluding hydrogens is 291 g/mol. The molecule has 1 aliphatic rings. The molecule has 3 rings (SSSR count). The van der Waals surface area contributed by atoms with Crippen LogP contribution in [0.1, 0.15) is 47.6 Å². The molecule has 0 amide bonds. The van der Waals surface area contributed by atoms with Gasteiger partial charge < -0.3 is 4.74 Å². The Morgan fingerprint density at radius 2 is 2.00 bits per heavy atom. The number of allylic oxidation sites excluding steroid dienone is 1. The Balaban J connectivity index is 2.21. The van der Waals surface area contributed by atoms with Crippen molar-refractivity contribution in [1.29, 1.82) is 0 Å². The van der Waals surface area contributed by atoms with Gasteiger partial charge in [0.25, 0.3) is 0 Å². The van der Waals surface area contributed by atoms with E-state index in [1.54, 1.807) is 6.07 Å². The highest BCUT2D eigenvalue weighted by atomic mass is 19.1. The van der Waals surface area contributed by atoms with Crippen molar-refractivity contribution in [2.45, 2.75) is 31.8 Å². The fourth-order valence-corrected chi connectivity index (χ4v) is 3.39. The van der Waals surface area contributed by atoms with E-state index >= 15 is 0 Å². The first kappa shape index (κ1) is 15.5. The normalized spacial score (nSPS) is 19.2. The lowest BCUT2D eigenvalue weighted by Crippen LogP contribution is -2.17. The molecule has 2 nitrogen and oxygen atoms in total. The SMILES string of the molecule is C=CCC1c2ccccc2Cc2ccc(F)cc2C1OC(C)=O. The largest absolute Gasteiger partial charge is 0.457 e. The number of esters is 1. The maximum Gasteiger partial charge on any atom is 0.303 e. The highest BCUT2D eigenvalue weighted by molar-refractivity contribution is 5.66. The third-order valence-electron chi connectivity index (χ3n) is 4.33. The van der Waals surface area contributed by atoms with E-state index in [2.05, 4.69) is 18.7 Å². The van der Waals surface area contributed by atoms with Crippen LogP contribution in [0, 0.1) is 5.82 Å². The highest BCUT2D eigenvalue weighted by Crippen LogP contribution is 2.43. The van der Waals surface area contributed by atoms with Gasteiger partial charge in [0.15, 0.2) is 0 Å². The molecular formula is C20H19FO2. The lowest BCUT2D eigenvalue weighted by atomic mass is 9.86. The van der Waals surface area contributed by atoms with E-state index < -0.39 is 6.10 Å². The molecule has 0 N–H and O–H groups in total. The van der Waals surface area contributed by atoms with Gasteiger partial charge in [0, 0.05) is 12.8 Å². The van der Waals surface area contributed by atoms with Crippen molar-refractivity contribution >= 4 is 5.97 Å². The van der Waals surface area contributed by atoms with Crippen LogP contribution < -0.4 is 0 Å². The van der Waals surface area contributed by atoms with Crippen LogP contribution in [-0.2, 0) is 16.0 Å². The molecule has 3 heteroatoms. The number of rotatable bonds is 3. The number of benzene rings is 2. The third kappa shape index (κ3) is 3.04. The number of halogens is 1. The number of hydrogen-bond donors (Lipinski definition) is 0. The van der Waals surface area contributed by atoms with Crippen LogP contribution in [-0.4, -0.2) is 5.97 Å². The second kappa shape index (κ2) is 6.37. The number of carbonyl (C=O) groups excluding carboxylic acids is 1. The Bertz CT molecular complexity index is 751. The fourth-order valence-electron chi connectivity index (χ4n) is 3.39. The molecule has 23 heavy (non-hydrogen) atoms. The van der Waals surface area contributed by atoms with Crippen LogP contribution in [0.3, 0.4) is 0 Å². The van der Waals surface area contributed by atoms with Gasteiger partial charge in [0.1, 0.15) is 11.9 Å². The first-order chi connectivity index (χ1) is 11.1. The summed E-state index contributed by atoms with van der Waals surface area (Å²) in [5, 5.41) is 0. The van der Waals surface area contributed by atoms with Crippen molar-refractivity contribution < 1.29 is 13.9 Å². The van der Waals surface area contributed by atoms with Crippen LogP contribution >= 0.6 is 0 Å². The fraction of sp³-hybridized carbons (Fsp3) is 0.250. The van der Waals surface area contributed by atoms with E-state index in [1.807, 2.05) is 18.2 Å². The van der Waals surface area contributed by atoms with Crippen LogP contribution in [0.25, 0.3) is 0 Å². The van der Waals surface area contributed by atoms with Crippen molar-refractivity contribution in [2.75, 3.05) is 0 Å². The topological polar surface area (TPSA) is 26.3 Å². The molecule has 0 saturated carbocycles. The number of fused-ring (bicyclic) bond motifs is 2. The second-order valence-corrected chi connectivity index (χ2v) is 5.88. The van der Waals surface area contributed by atoms with Gasteiger partial charge in [-0.25, -0.2) is 4.39 Å². The van der Waals surface area contributed by atoms with Gasteiger partial charge >= 0.3 is 5.97 Å². The molecule has 2 atom stereocenters. The highest BCUT2D eigenvalue weighted by Gasteiger charge is 2.33. The molecule has 2 aromatic rings. The molecule has 0 fully saturated rings. The molecule has 2 aromatic carbocycles. The summed E-state index contributed by atoms with van der Waals surface area (Å²) in [4.78, 5) is 11.6. The Labute approximate surface area is 135 Å². The first-order valence-electron chi connectivity index (χ1n) is 7.74. The van der Waals surface area contributed by atoms with Crippen molar-refractivity contribution in [3.05, 3.63) is 83.2 Å². The average Bonchev–Trinajstić information content (AvgIpc) is 2.64. The summed E-state index contributed by atoms with van der Waals surface area (Å²) in [7, 11) is 0. The van der Waals surface area contributed by atoms with Crippen molar-refractivity contribution in [3.8, 4) is 0 Å². The zero-order valence-electron chi connectivity index (χ0n) is 13.1. The zero-order valence-corrected chi connectivity index (χ0v) is 13.1. The molecule has 0 radical (unpaired) electrons. The predicted octanol–water partition coefficient (Wildman–Crippen LogP) is 4.69. The van der Waals surface area contributed by atoms with Crippen LogP contribution in [0.4, 0.5) is 4.39 Å². The summed E-state index contributed by atoms with van der Waals surface area (Å²) >= 11 is 0. The first-order valence-corrected chi connectivity index (χ1v) is 7.74.